The van der Waals surface area contributed by atoms with E-state index in [1.165, 1.54) is 6.20 Å². The molecule has 1 aromatic rings. The average molecular weight is 174 g/mol. The zero-order chi connectivity index (χ0) is 9.19. The lowest BCUT2D eigenvalue weighted by atomic mass is 10.2. The predicted molar refractivity (Wildman–Crippen MR) is 37.5 cm³/mol. The minimum Gasteiger partial charge on any atom is -0.388 e. The van der Waals surface area contributed by atoms with E-state index < -0.39 is 12.5 Å². The van der Waals surface area contributed by atoms with Gasteiger partial charge in [0.2, 0.25) is 0 Å². The van der Waals surface area contributed by atoms with Gasteiger partial charge in [0.05, 0.1) is 0 Å². The molecular formula is C7H8F2N2O. The van der Waals surface area contributed by atoms with E-state index in [9.17, 15) is 8.78 Å². The topological polar surface area (TPSA) is 46.0 Å². The molecule has 3 nitrogen and oxygen atoms in total. The zero-order valence-electron chi connectivity index (χ0n) is 6.46. The van der Waals surface area contributed by atoms with Crippen LogP contribution < -0.4 is 0 Å². The van der Waals surface area contributed by atoms with E-state index in [-0.39, 0.29) is 11.5 Å². The molecule has 1 aromatic heterocycles. The van der Waals surface area contributed by atoms with Crippen LogP contribution in [0.15, 0.2) is 12.3 Å². The van der Waals surface area contributed by atoms with Gasteiger partial charge < -0.3 is 5.11 Å². The molecule has 0 bridgehead atoms. The maximum atomic E-state index is 12.6. The number of hydrogen-bond donors (Lipinski definition) is 1. The summed E-state index contributed by atoms with van der Waals surface area (Å²) in [5.41, 5.74) is -0.374. The lowest BCUT2D eigenvalue weighted by molar-refractivity contribution is 0.0121. The summed E-state index contributed by atoms with van der Waals surface area (Å²) in [4.78, 5) is 7.03. The van der Waals surface area contributed by atoms with Crippen molar-refractivity contribution in [3.8, 4) is 0 Å². The molecule has 12 heavy (non-hydrogen) atoms. The van der Waals surface area contributed by atoms with Gasteiger partial charge >= 0.3 is 0 Å². The molecular weight excluding hydrogens is 166 g/mol. The largest absolute Gasteiger partial charge is 0.388 e. The van der Waals surface area contributed by atoms with E-state index in [4.69, 9.17) is 5.11 Å². The number of nitrogens with zero attached hydrogens (tertiary/aromatic N) is 2. The van der Waals surface area contributed by atoms with E-state index in [0.29, 0.717) is 0 Å². The van der Waals surface area contributed by atoms with E-state index in [1.807, 2.05) is 0 Å². The summed E-state index contributed by atoms with van der Waals surface area (Å²) in [6, 6.07) is 1.12. The molecule has 5 heteroatoms. The molecule has 1 heterocycles. The Morgan fingerprint density at radius 2 is 2.25 bits per heavy atom. The van der Waals surface area contributed by atoms with Crippen molar-refractivity contribution >= 4 is 0 Å². The van der Waals surface area contributed by atoms with Gasteiger partial charge in [-0.1, -0.05) is 0 Å². The molecule has 66 valence electrons. The monoisotopic (exact) mass is 174 g/mol. The van der Waals surface area contributed by atoms with Gasteiger partial charge in [0, 0.05) is 13.1 Å². The molecule has 0 atom stereocenters. The Morgan fingerprint density at radius 3 is 2.75 bits per heavy atom. The van der Waals surface area contributed by atoms with E-state index in [0.717, 1.165) is 13.0 Å². The lowest BCUT2D eigenvalue weighted by Gasteiger charge is -2.08. The van der Waals surface area contributed by atoms with Crippen LogP contribution in [0.5, 0.6) is 0 Å². The summed E-state index contributed by atoms with van der Waals surface area (Å²) >= 11 is 0. The molecule has 0 saturated heterocycles. The van der Waals surface area contributed by atoms with Crippen molar-refractivity contribution in [1.82, 2.24) is 9.97 Å². The lowest BCUT2D eigenvalue weighted by Crippen LogP contribution is -2.11. The summed E-state index contributed by atoms with van der Waals surface area (Å²) < 4.78 is 25.2. The fraction of sp³-hybridized carbons (Fsp3) is 0.429. The summed E-state index contributed by atoms with van der Waals surface area (Å²) in [7, 11) is 0. The van der Waals surface area contributed by atoms with Gasteiger partial charge in [-0.15, -0.1) is 0 Å². The van der Waals surface area contributed by atoms with Crippen LogP contribution in [0.2, 0.25) is 0 Å². The third-order valence-corrected chi connectivity index (χ3v) is 1.30. The number of alkyl halides is 2. The molecule has 0 unspecified atom stereocenters. The highest BCUT2D eigenvalue weighted by molar-refractivity contribution is 5.07. The van der Waals surface area contributed by atoms with Gasteiger partial charge in [-0.3, -0.25) is 0 Å². The Morgan fingerprint density at radius 1 is 1.58 bits per heavy atom. The minimum absolute atomic E-state index is 0.00836. The van der Waals surface area contributed by atoms with Crippen LogP contribution in [0.1, 0.15) is 18.4 Å². The van der Waals surface area contributed by atoms with Crippen molar-refractivity contribution in [1.29, 1.82) is 0 Å². The Hall–Kier alpha value is -1.10. The van der Waals surface area contributed by atoms with Gasteiger partial charge in [0.15, 0.2) is 5.82 Å². The fourth-order valence-electron chi connectivity index (χ4n) is 0.720. The highest BCUT2D eigenvalue weighted by Crippen LogP contribution is 2.24. The van der Waals surface area contributed by atoms with Crippen molar-refractivity contribution in [3.63, 3.8) is 0 Å². The van der Waals surface area contributed by atoms with Gasteiger partial charge in [-0.05, 0) is 6.07 Å². The summed E-state index contributed by atoms with van der Waals surface area (Å²) in [5.74, 6) is -2.97. The summed E-state index contributed by atoms with van der Waals surface area (Å²) in [5, 5.41) is 8.56. The quantitative estimate of drug-likeness (QED) is 0.729. The number of aromatic nitrogens is 2. The molecule has 0 aliphatic rings. The van der Waals surface area contributed by atoms with Gasteiger partial charge in [0.1, 0.15) is 12.3 Å². The third-order valence-electron chi connectivity index (χ3n) is 1.30. The molecule has 0 aliphatic carbocycles. The van der Waals surface area contributed by atoms with Crippen LogP contribution in [0, 0.1) is 0 Å². The Kier molecular flexibility index (Phi) is 2.32. The fourth-order valence-corrected chi connectivity index (χ4v) is 0.720. The van der Waals surface area contributed by atoms with Gasteiger partial charge in [-0.25, -0.2) is 9.97 Å². The zero-order valence-corrected chi connectivity index (χ0v) is 6.46. The smallest absolute Gasteiger partial charge is 0.287 e. The van der Waals surface area contributed by atoms with Gasteiger partial charge in [0.25, 0.3) is 5.92 Å². The summed E-state index contributed by atoms with van der Waals surface area (Å²) in [6.07, 6.45) is 1.20. The van der Waals surface area contributed by atoms with Crippen LogP contribution >= 0.6 is 0 Å². The number of aliphatic hydroxyl groups is 1. The first-order chi connectivity index (χ1) is 5.54. The Labute approximate surface area is 68.1 Å². The second-order valence-corrected chi connectivity index (χ2v) is 2.40. The maximum Gasteiger partial charge on any atom is 0.287 e. The van der Waals surface area contributed by atoms with Crippen LogP contribution in [-0.2, 0) is 12.5 Å². The minimum atomic E-state index is -2.98. The molecule has 0 saturated carbocycles. The first kappa shape index (κ1) is 8.99. The molecule has 0 fully saturated rings. The van der Waals surface area contributed by atoms with E-state index in [2.05, 4.69) is 9.97 Å². The normalized spacial score (nSPS) is 11.7. The van der Waals surface area contributed by atoms with Crippen LogP contribution in [0.3, 0.4) is 0 Å². The van der Waals surface area contributed by atoms with E-state index in [1.54, 1.807) is 0 Å². The third kappa shape index (κ3) is 1.94. The summed E-state index contributed by atoms with van der Waals surface area (Å²) in [6.45, 7) is 0.320. The highest BCUT2D eigenvalue weighted by Gasteiger charge is 2.26. The molecule has 1 N–H and O–H groups in total. The second-order valence-electron chi connectivity index (χ2n) is 2.40. The first-order valence-corrected chi connectivity index (χ1v) is 3.35. The van der Waals surface area contributed by atoms with Crippen molar-refractivity contribution in [2.45, 2.75) is 19.5 Å². The highest BCUT2D eigenvalue weighted by atomic mass is 19.3. The Bertz CT molecular complexity index is 272. The van der Waals surface area contributed by atoms with Crippen molar-refractivity contribution in [2.75, 3.05) is 0 Å². The van der Waals surface area contributed by atoms with Crippen LogP contribution in [-0.4, -0.2) is 15.1 Å². The molecule has 0 radical (unpaired) electrons. The standard InChI is InChI=1S/C7H8F2N2O/c1-7(8,9)5-2-3-10-6(4-12)11-5/h2-3,12H,4H2,1H3. The second kappa shape index (κ2) is 3.10. The predicted octanol–water partition coefficient (Wildman–Crippen LogP) is 1.08. The Balaban J connectivity index is 3.02. The van der Waals surface area contributed by atoms with E-state index >= 15 is 0 Å². The maximum absolute atomic E-state index is 12.6. The molecule has 0 amide bonds. The SMILES string of the molecule is CC(F)(F)c1ccnc(CO)n1. The first-order valence-electron chi connectivity index (χ1n) is 3.35. The molecule has 1 rings (SSSR count). The number of halogens is 2. The number of hydrogen-bond acceptors (Lipinski definition) is 3. The van der Waals surface area contributed by atoms with Crippen LogP contribution in [0.4, 0.5) is 8.78 Å². The number of aliphatic hydroxyl groups excluding tert-OH is 1. The average Bonchev–Trinajstić information content (AvgIpc) is 2.03. The molecule has 0 aromatic carbocycles. The van der Waals surface area contributed by atoms with Gasteiger partial charge in [-0.2, -0.15) is 8.78 Å². The van der Waals surface area contributed by atoms with Crippen molar-refractivity contribution in [3.05, 3.63) is 23.8 Å². The van der Waals surface area contributed by atoms with Crippen LogP contribution in [0.25, 0.3) is 0 Å². The van der Waals surface area contributed by atoms with Crippen molar-refractivity contribution in [2.24, 2.45) is 0 Å². The number of rotatable bonds is 2. The molecule has 0 spiro atoms. The molecule has 0 aliphatic heterocycles. The van der Waals surface area contributed by atoms with Crippen molar-refractivity contribution < 1.29 is 13.9 Å².